The van der Waals surface area contributed by atoms with Crippen molar-refractivity contribution in [3.05, 3.63) is 17.8 Å². The van der Waals surface area contributed by atoms with Crippen molar-refractivity contribution < 1.29 is 4.42 Å². The van der Waals surface area contributed by atoms with Crippen LogP contribution in [0.2, 0.25) is 0 Å². The van der Waals surface area contributed by atoms with Gasteiger partial charge in [-0.15, -0.1) is 0 Å². The zero-order chi connectivity index (χ0) is 13.9. The Morgan fingerprint density at radius 1 is 1.47 bits per heavy atom. The van der Waals surface area contributed by atoms with E-state index in [0.717, 1.165) is 31.2 Å². The van der Waals surface area contributed by atoms with E-state index in [1.807, 2.05) is 6.20 Å². The molecule has 0 bridgehead atoms. The summed E-state index contributed by atoms with van der Waals surface area (Å²) in [4.78, 5) is 4.44. The molecule has 1 aromatic heterocycles. The predicted octanol–water partition coefficient (Wildman–Crippen LogP) is 3.76. The zero-order valence-corrected chi connectivity index (χ0v) is 12.8. The maximum absolute atomic E-state index is 5.96. The molecule has 1 aliphatic rings. The molecule has 1 unspecified atom stereocenters. The molecule has 0 saturated heterocycles. The van der Waals surface area contributed by atoms with E-state index in [-0.39, 0.29) is 0 Å². The van der Waals surface area contributed by atoms with E-state index in [0.29, 0.717) is 17.3 Å². The van der Waals surface area contributed by atoms with Crippen LogP contribution in [-0.4, -0.2) is 18.1 Å². The van der Waals surface area contributed by atoms with E-state index in [2.05, 4.69) is 38.0 Å². The van der Waals surface area contributed by atoms with Gasteiger partial charge < -0.3 is 9.73 Å². The first-order valence-corrected chi connectivity index (χ1v) is 7.64. The molecule has 3 heteroatoms. The summed E-state index contributed by atoms with van der Waals surface area (Å²) in [6.07, 6.45) is 6.69. The molecular weight excluding hydrogens is 236 g/mol. The largest absolute Gasteiger partial charge is 0.445 e. The highest BCUT2D eigenvalue weighted by molar-refractivity contribution is 5.09. The van der Waals surface area contributed by atoms with E-state index >= 15 is 0 Å². The molecule has 1 saturated carbocycles. The summed E-state index contributed by atoms with van der Waals surface area (Å²) >= 11 is 0. The minimum atomic E-state index is 0.368. The van der Waals surface area contributed by atoms with Gasteiger partial charge in [0.1, 0.15) is 5.76 Å². The van der Waals surface area contributed by atoms with Gasteiger partial charge in [-0.1, -0.05) is 34.1 Å². The van der Waals surface area contributed by atoms with Crippen molar-refractivity contribution >= 4 is 0 Å². The highest BCUT2D eigenvalue weighted by Gasteiger charge is 2.37. The predicted molar refractivity (Wildman–Crippen MR) is 78.3 cm³/mol. The van der Waals surface area contributed by atoms with Crippen molar-refractivity contribution in [2.24, 2.45) is 11.3 Å². The van der Waals surface area contributed by atoms with Crippen molar-refractivity contribution in [1.82, 2.24) is 10.3 Å². The Hall–Kier alpha value is -0.830. The van der Waals surface area contributed by atoms with Gasteiger partial charge in [0.2, 0.25) is 0 Å². The number of aromatic nitrogens is 1. The molecule has 0 radical (unpaired) electrons. The van der Waals surface area contributed by atoms with Gasteiger partial charge in [0.25, 0.3) is 0 Å². The highest BCUT2D eigenvalue weighted by Crippen LogP contribution is 2.48. The van der Waals surface area contributed by atoms with Crippen LogP contribution in [0.4, 0.5) is 0 Å². The fraction of sp³-hybridized carbons (Fsp3) is 0.812. The summed E-state index contributed by atoms with van der Waals surface area (Å²) in [5, 5.41) is 3.43. The Labute approximate surface area is 117 Å². The van der Waals surface area contributed by atoms with Crippen molar-refractivity contribution in [2.45, 2.75) is 59.3 Å². The van der Waals surface area contributed by atoms with Crippen LogP contribution in [0.25, 0.3) is 0 Å². The summed E-state index contributed by atoms with van der Waals surface area (Å²) in [6, 6.07) is 0. The van der Waals surface area contributed by atoms with Gasteiger partial charge in [-0.25, -0.2) is 4.98 Å². The molecule has 19 heavy (non-hydrogen) atoms. The summed E-state index contributed by atoms with van der Waals surface area (Å²) in [5.41, 5.74) is 0.368. The molecule has 1 aromatic rings. The van der Waals surface area contributed by atoms with Gasteiger partial charge in [-0.3, -0.25) is 0 Å². The van der Waals surface area contributed by atoms with Crippen LogP contribution in [0.15, 0.2) is 10.6 Å². The van der Waals surface area contributed by atoms with Crippen LogP contribution in [-0.2, 0) is 6.42 Å². The van der Waals surface area contributed by atoms with Gasteiger partial charge in [-0.2, -0.15) is 0 Å². The second-order valence-corrected chi connectivity index (χ2v) is 6.94. The maximum atomic E-state index is 5.96. The van der Waals surface area contributed by atoms with Crippen LogP contribution in [0.3, 0.4) is 0 Å². The molecule has 1 fully saturated rings. The number of nitrogens with one attached hydrogen (secondary N) is 1. The summed E-state index contributed by atoms with van der Waals surface area (Å²) in [7, 11) is 0. The second-order valence-electron chi connectivity index (χ2n) is 6.94. The smallest absolute Gasteiger partial charge is 0.195 e. The maximum Gasteiger partial charge on any atom is 0.195 e. The van der Waals surface area contributed by atoms with E-state index in [1.54, 1.807) is 0 Å². The highest BCUT2D eigenvalue weighted by atomic mass is 16.4. The lowest BCUT2D eigenvalue weighted by Gasteiger charge is -2.24. The van der Waals surface area contributed by atoms with Crippen LogP contribution in [0, 0.1) is 11.3 Å². The molecular formula is C16H28N2O. The third-order valence-electron chi connectivity index (χ3n) is 4.24. The summed E-state index contributed by atoms with van der Waals surface area (Å²) in [6.45, 7) is 11.1. The molecule has 3 nitrogen and oxygen atoms in total. The number of hydrogen-bond acceptors (Lipinski definition) is 3. The summed E-state index contributed by atoms with van der Waals surface area (Å²) < 4.78 is 5.96. The summed E-state index contributed by atoms with van der Waals surface area (Å²) in [5.74, 6) is 3.23. The quantitative estimate of drug-likeness (QED) is 0.795. The molecule has 0 amide bonds. The first kappa shape index (κ1) is 14.6. The molecule has 1 atom stereocenters. The van der Waals surface area contributed by atoms with Gasteiger partial charge in [-0.05, 0) is 30.7 Å². The molecule has 0 spiro atoms. The van der Waals surface area contributed by atoms with E-state index < -0.39 is 0 Å². The van der Waals surface area contributed by atoms with Crippen LogP contribution in [0.1, 0.15) is 64.5 Å². The number of nitrogens with zero attached hydrogens (tertiary/aromatic N) is 1. The number of rotatable bonds is 6. The van der Waals surface area contributed by atoms with Crippen LogP contribution < -0.4 is 5.32 Å². The fourth-order valence-electron chi connectivity index (χ4n) is 3.04. The first-order chi connectivity index (χ1) is 8.99. The average molecular weight is 264 g/mol. The van der Waals surface area contributed by atoms with Crippen molar-refractivity contribution in [2.75, 3.05) is 13.1 Å². The van der Waals surface area contributed by atoms with Gasteiger partial charge >= 0.3 is 0 Å². The van der Waals surface area contributed by atoms with E-state index in [4.69, 9.17) is 4.42 Å². The van der Waals surface area contributed by atoms with E-state index in [9.17, 15) is 0 Å². The van der Waals surface area contributed by atoms with Gasteiger partial charge in [0, 0.05) is 18.9 Å². The first-order valence-electron chi connectivity index (χ1n) is 7.64. The van der Waals surface area contributed by atoms with Crippen LogP contribution in [0.5, 0.6) is 0 Å². The lowest BCUT2D eigenvalue weighted by atomic mass is 9.81. The monoisotopic (exact) mass is 264 g/mol. The third-order valence-corrected chi connectivity index (χ3v) is 4.24. The molecule has 1 N–H and O–H groups in total. The Balaban J connectivity index is 1.85. The van der Waals surface area contributed by atoms with Crippen LogP contribution >= 0.6 is 0 Å². The fourth-order valence-corrected chi connectivity index (χ4v) is 3.04. The Morgan fingerprint density at radius 2 is 2.26 bits per heavy atom. The minimum Gasteiger partial charge on any atom is -0.445 e. The Kier molecular flexibility index (Phi) is 4.67. The van der Waals surface area contributed by atoms with Crippen molar-refractivity contribution in [3.63, 3.8) is 0 Å². The van der Waals surface area contributed by atoms with Crippen molar-refractivity contribution in [3.8, 4) is 0 Å². The lowest BCUT2D eigenvalue weighted by Crippen LogP contribution is -2.22. The third kappa shape index (κ3) is 3.82. The normalized spacial score (nSPS) is 22.3. The number of oxazole rings is 1. The molecule has 1 heterocycles. The van der Waals surface area contributed by atoms with E-state index in [1.165, 1.54) is 19.3 Å². The van der Waals surface area contributed by atoms with Crippen molar-refractivity contribution in [1.29, 1.82) is 0 Å². The molecule has 0 aliphatic heterocycles. The van der Waals surface area contributed by atoms with Gasteiger partial charge in [0.05, 0.1) is 6.20 Å². The molecule has 2 rings (SSSR count). The minimum absolute atomic E-state index is 0.368. The lowest BCUT2D eigenvalue weighted by molar-refractivity contribution is 0.287. The standard InChI is InChI=1S/C16H28N2O/c1-12(2)10-17-9-7-15-18-11-14(19-15)13-6-5-8-16(13,3)4/h11-13,17H,5-10H2,1-4H3. The molecule has 0 aromatic carbocycles. The SMILES string of the molecule is CC(C)CNCCc1ncc(C2CCCC2(C)C)o1. The average Bonchev–Trinajstić information content (AvgIpc) is 2.90. The molecule has 1 aliphatic carbocycles. The number of hydrogen-bond donors (Lipinski definition) is 1. The topological polar surface area (TPSA) is 38.1 Å². The second kappa shape index (κ2) is 6.08. The van der Waals surface area contributed by atoms with Gasteiger partial charge in [0.15, 0.2) is 5.89 Å². The molecule has 108 valence electrons. The zero-order valence-electron chi connectivity index (χ0n) is 12.8. The Morgan fingerprint density at radius 3 is 2.89 bits per heavy atom. The Bertz CT molecular complexity index is 395.